The Balaban J connectivity index is 3.33. The number of alkyl halides is 2. The summed E-state index contributed by atoms with van der Waals surface area (Å²) in [5, 5.41) is 0. The van der Waals surface area contributed by atoms with Crippen LogP contribution in [0.1, 0.15) is 12.0 Å². The molecule has 1 heterocycles. The van der Waals surface area contributed by atoms with Gasteiger partial charge in [0.2, 0.25) is 5.95 Å². The van der Waals surface area contributed by atoms with Crippen molar-refractivity contribution >= 4 is 28.3 Å². The van der Waals surface area contributed by atoms with Crippen LogP contribution in [0, 0.1) is 9.52 Å². The molecule has 6 heteroatoms. The number of rotatable bonds is 1. The predicted octanol–water partition coefficient (Wildman–Crippen LogP) is 2.35. The predicted molar refractivity (Wildman–Crippen MR) is 46.3 cm³/mol. The van der Waals surface area contributed by atoms with Crippen LogP contribution in [0.25, 0.3) is 0 Å². The Morgan fingerprint density at radius 2 is 2.08 bits per heavy atom. The fraction of sp³-hybridized carbons (Fsp3) is 0.167. The number of nitrogens with two attached hydrogens (primary N) is 1. The van der Waals surface area contributed by atoms with Crippen LogP contribution in [0.3, 0.4) is 0 Å². The zero-order chi connectivity index (χ0) is 9.30. The van der Waals surface area contributed by atoms with Crippen LogP contribution >= 0.6 is 22.6 Å². The molecule has 12 heavy (non-hydrogen) atoms. The summed E-state index contributed by atoms with van der Waals surface area (Å²) < 4.78 is 37.1. The van der Waals surface area contributed by atoms with Gasteiger partial charge in [-0.05, 0) is 22.6 Å². The largest absolute Gasteiger partial charge is 0.395 e. The summed E-state index contributed by atoms with van der Waals surface area (Å²) in [5.74, 6) is -1.05. The Labute approximate surface area is 80.1 Å². The van der Waals surface area contributed by atoms with E-state index in [2.05, 4.69) is 4.98 Å². The van der Waals surface area contributed by atoms with Gasteiger partial charge in [0, 0.05) is 9.77 Å². The molecule has 0 aromatic carbocycles. The molecule has 1 aromatic rings. The van der Waals surface area contributed by atoms with E-state index in [1.807, 2.05) is 0 Å². The first-order chi connectivity index (χ1) is 5.54. The topological polar surface area (TPSA) is 38.9 Å². The Bertz CT molecular complexity index is 303. The van der Waals surface area contributed by atoms with Gasteiger partial charge >= 0.3 is 0 Å². The van der Waals surface area contributed by atoms with E-state index in [0.717, 1.165) is 6.20 Å². The van der Waals surface area contributed by atoms with Crippen LogP contribution in [0.5, 0.6) is 0 Å². The molecular formula is C6H4F3IN2. The fourth-order valence-electron chi connectivity index (χ4n) is 0.714. The lowest BCUT2D eigenvalue weighted by atomic mass is 10.2. The monoisotopic (exact) mass is 288 g/mol. The van der Waals surface area contributed by atoms with Crippen molar-refractivity contribution in [2.75, 3.05) is 5.73 Å². The van der Waals surface area contributed by atoms with Crippen molar-refractivity contribution < 1.29 is 13.2 Å². The molecule has 2 N–H and O–H groups in total. The number of aromatic nitrogens is 1. The molecule has 0 atom stereocenters. The molecule has 1 aromatic heterocycles. The van der Waals surface area contributed by atoms with E-state index in [9.17, 15) is 13.2 Å². The van der Waals surface area contributed by atoms with Gasteiger partial charge in [-0.3, -0.25) is 0 Å². The maximum atomic E-state index is 12.5. The van der Waals surface area contributed by atoms with Gasteiger partial charge in [0.05, 0.1) is 11.3 Å². The quantitative estimate of drug-likeness (QED) is 0.636. The van der Waals surface area contributed by atoms with Gasteiger partial charge in [0.25, 0.3) is 6.43 Å². The Morgan fingerprint density at radius 3 is 2.50 bits per heavy atom. The average Bonchev–Trinajstić information content (AvgIpc) is 1.97. The molecule has 0 bridgehead atoms. The van der Waals surface area contributed by atoms with Crippen LogP contribution in [-0.4, -0.2) is 4.98 Å². The van der Waals surface area contributed by atoms with Crippen LogP contribution in [0.4, 0.5) is 18.9 Å². The van der Waals surface area contributed by atoms with E-state index in [-0.39, 0.29) is 3.57 Å². The van der Waals surface area contributed by atoms with E-state index in [4.69, 9.17) is 5.73 Å². The molecule has 0 radical (unpaired) electrons. The molecule has 0 fully saturated rings. The summed E-state index contributed by atoms with van der Waals surface area (Å²) in [6.45, 7) is 0. The Kier molecular flexibility index (Phi) is 2.76. The highest BCUT2D eigenvalue weighted by molar-refractivity contribution is 14.1. The highest BCUT2D eigenvalue weighted by atomic mass is 127. The lowest BCUT2D eigenvalue weighted by Gasteiger charge is -2.06. The van der Waals surface area contributed by atoms with Gasteiger partial charge in [0.1, 0.15) is 0 Å². The number of hydrogen-bond donors (Lipinski definition) is 1. The fourth-order valence-corrected chi connectivity index (χ4v) is 1.38. The van der Waals surface area contributed by atoms with Crippen molar-refractivity contribution in [1.29, 1.82) is 0 Å². The molecule has 0 unspecified atom stereocenters. The van der Waals surface area contributed by atoms with Crippen LogP contribution in [0.15, 0.2) is 6.20 Å². The third kappa shape index (κ3) is 1.62. The standard InChI is InChI=1S/C6H4F3IN2/c7-5(8)3-2(10)1-12-6(9)4(3)11/h1,5H,11H2. The van der Waals surface area contributed by atoms with Crippen molar-refractivity contribution in [1.82, 2.24) is 4.98 Å². The van der Waals surface area contributed by atoms with E-state index in [1.165, 1.54) is 0 Å². The smallest absolute Gasteiger partial charge is 0.267 e. The van der Waals surface area contributed by atoms with Crippen LogP contribution < -0.4 is 5.73 Å². The van der Waals surface area contributed by atoms with E-state index in [1.54, 1.807) is 22.6 Å². The number of nitrogens with zero attached hydrogens (tertiary/aromatic N) is 1. The molecule has 66 valence electrons. The summed E-state index contributed by atoms with van der Waals surface area (Å²) >= 11 is 1.63. The number of halogens is 4. The van der Waals surface area contributed by atoms with Gasteiger partial charge in [-0.1, -0.05) is 0 Å². The maximum absolute atomic E-state index is 12.5. The molecule has 0 saturated heterocycles. The summed E-state index contributed by atoms with van der Waals surface area (Å²) in [6.07, 6.45) is -1.75. The molecule has 2 nitrogen and oxygen atoms in total. The lowest BCUT2D eigenvalue weighted by Crippen LogP contribution is -2.03. The number of pyridine rings is 1. The van der Waals surface area contributed by atoms with Gasteiger partial charge in [-0.2, -0.15) is 4.39 Å². The SMILES string of the molecule is Nc1c(F)ncc(I)c1C(F)F. The third-order valence-electron chi connectivity index (χ3n) is 1.28. The third-order valence-corrected chi connectivity index (χ3v) is 2.14. The second-order valence-electron chi connectivity index (χ2n) is 2.02. The van der Waals surface area contributed by atoms with Crippen LogP contribution in [-0.2, 0) is 0 Å². The van der Waals surface area contributed by atoms with Gasteiger partial charge < -0.3 is 5.73 Å². The van der Waals surface area contributed by atoms with E-state index in [0.29, 0.717) is 0 Å². The summed E-state index contributed by atoms with van der Waals surface area (Å²) in [7, 11) is 0. The van der Waals surface area contributed by atoms with Gasteiger partial charge in [-0.15, -0.1) is 0 Å². The van der Waals surface area contributed by atoms with Crippen molar-refractivity contribution in [2.45, 2.75) is 6.43 Å². The maximum Gasteiger partial charge on any atom is 0.267 e. The number of anilines is 1. The summed E-state index contributed by atoms with van der Waals surface area (Å²) in [6, 6.07) is 0. The second-order valence-corrected chi connectivity index (χ2v) is 3.19. The van der Waals surface area contributed by atoms with Crippen molar-refractivity contribution in [2.24, 2.45) is 0 Å². The second kappa shape index (κ2) is 3.46. The molecule has 0 amide bonds. The van der Waals surface area contributed by atoms with Gasteiger partial charge in [-0.25, -0.2) is 13.8 Å². The van der Waals surface area contributed by atoms with Crippen molar-refractivity contribution in [3.8, 4) is 0 Å². The number of nitrogen functional groups attached to an aromatic ring is 1. The lowest BCUT2D eigenvalue weighted by molar-refractivity contribution is 0.150. The van der Waals surface area contributed by atoms with Crippen molar-refractivity contribution in [3.63, 3.8) is 0 Å². The minimum atomic E-state index is -2.77. The van der Waals surface area contributed by atoms with Crippen molar-refractivity contribution in [3.05, 3.63) is 21.3 Å². The highest BCUT2D eigenvalue weighted by Gasteiger charge is 2.18. The minimum absolute atomic E-state index is 0.168. The zero-order valence-corrected chi connectivity index (χ0v) is 7.85. The first kappa shape index (κ1) is 9.56. The molecule has 1 rings (SSSR count). The molecular weight excluding hydrogens is 284 g/mol. The first-order valence-corrected chi connectivity index (χ1v) is 3.99. The number of hydrogen-bond acceptors (Lipinski definition) is 2. The normalized spacial score (nSPS) is 10.8. The zero-order valence-electron chi connectivity index (χ0n) is 5.69. The molecule has 0 aliphatic heterocycles. The van der Waals surface area contributed by atoms with Crippen LogP contribution in [0.2, 0.25) is 0 Å². The first-order valence-electron chi connectivity index (χ1n) is 2.91. The summed E-state index contributed by atoms with van der Waals surface area (Å²) in [5.41, 5.74) is 4.01. The van der Waals surface area contributed by atoms with E-state index < -0.39 is 23.6 Å². The summed E-state index contributed by atoms with van der Waals surface area (Å²) in [4.78, 5) is 3.19. The highest BCUT2D eigenvalue weighted by Crippen LogP contribution is 2.29. The van der Waals surface area contributed by atoms with E-state index >= 15 is 0 Å². The van der Waals surface area contributed by atoms with Gasteiger partial charge in [0.15, 0.2) is 0 Å². The average molecular weight is 288 g/mol. The molecule has 0 spiro atoms. The Morgan fingerprint density at radius 1 is 1.50 bits per heavy atom. The molecule has 0 saturated carbocycles. The minimum Gasteiger partial charge on any atom is -0.395 e. The molecule has 0 aliphatic rings. The Hall–Kier alpha value is -0.530. The molecule has 0 aliphatic carbocycles.